The van der Waals surface area contributed by atoms with Gasteiger partial charge in [0.25, 0.3) is 11.8 Å². The Hall–Kier alpha value is -2.93. The molecule has 0 atom stereocenters. The SMILES string of the molecule is Cc1c(Cl)cccc1N1C(=O)/C(=C/c2ccc(Sc3ccccc3)cc2)C(=O)NC1=S. The van der Waals surface area contributed by atoms with E-state index in [1.807, 2.05) is 54.6 Å². The molecular formula is C24H17ClN2O2S2. The molecule has 2 amide bonds. The Bertz CT molecular complexity index is 1210. The number of nitrogens with one attached hydrogen (secondary N) is 1. The molecule has 4 rings (SSSR count). The standard InChI is InChI=1S/C24H17ClN2O2S2/c1-15-20(25)8-5-9-21(15)27-23(29)19(22(28)26-24(27)30)14-16-10-12-18(13-11-16)31-17-6-3-2-4-7-17/h2-14H,1H3,(H,26,28,30)/b19-14+. The van der Waals surface area contributed by atoms with Crippen molar-refractivity contribution in [3.05, 3.63) is 94.5 Å². The second-order valence-corrected chi connectivity index (χ2v) is 8.77. The molecule has 1 fully saturated rings. The van der Waals surface area contributed by atoms with Crippen LogP contribution in [-0.4, -0.2) is 16.9 Å². The van der Waals surface area contributed by atoms with Gasteiger partial charge < -0.3 is 0 Å². The van der Waals surface area contributed by atoms with E-state index in [1.54, 1.807) is 43.0 Å². The van der Waals surface area contributed by atoms with Crippen molar-refractivity contribution in [3.8, 4) is 0 Å². The fourth-order valence-corrected chi connectivity index (χ4v) is 4.42. The van der Waals surface area contributed by atoms with Crippen molar-refractivity contribution in [1.82, 2.24) is 5.32 Å². The van der Waals surface area contributed by atoms with E-state index in [9.17, 15) is 9.59 Å². The molecule has 1 aliphatic heterocycles. The Kier molecular flexibility index (Phi) is 6.23. The number of carbonyl (C=O) groups is 2. The molecule has 0 radical (unpaired) electrons. The van der Waals surface area contributed by atoms with Gasteiger partial charge in [0.1, 0.15) is 5.57 Å². The van der Waals surface area contributed by atoms with Crippen LogP contribution in [0, 0.1) is 6.92 Å². The number of amides is 2. The molecule has 0 aliphatic carbocycles. The van der Waals surface area contributed by atoms with Crippen molar-refractivity contribution < 1.29 is 9.59 Å². The lowest BCUT2D eigenvalue weighted by molar-refractivity contribution is -0.122. The number of hydrogen-bond donors (Lipinski definition) is 1. The first-order valence-electron chi connectivity index (χ1n) is 9.43. The predicted octanol–water partition coefficient (Wildman–Crippen LogP) is 5.63. The number of benzene rings is 3. The maximum atomic E-state index is 13.2. The average molecular weight is 465 g/mol. The van der Waals surface area contributed by atoms with Crippen molar-refractivity contribution in [2.24, 2.45) is 0 Å². The van der Waals surface area contributed by atoms with Crippen LogP contribution in [0.5, 0.6) is 0 Å². The molecule has 0 saturated carbocycles. The Balaban J connectivity index is 1.62. The number of halogens is 1. The third kappa shape index (κ3) is 4.56. The summed E-state index contributed by atoms with van der Waals surface area (Å²) in [5, 5.41) is 3.15. The smallest absolute Gasteiger partial charge is 0.270 e. The van der Waals surface area contributed by atoms with Gasteiger partial charge in [-0.05, 0) is 72.7 Å². The quantitative estimate of drug-likeness (QED) is 0.309. The highest BCUT2D eigenvalue weighted by Crippen LogP contribution is 2.30. The molecule has 0 bridgehead atoms. The summed E-state index contributed by atoms with van der Waals surface area (Å²) in [5.41, 5.74) is 2.00. The van der Waals surface area contributed by atoms with Gasteiger partial charge in [-0.1, -0.05) is 59.8 Å². The summed E-state index contributed by atoms with van der Waals surface area (Å²) in [6, 6.07) is 22.9. The summed E-state index contributed by atoms with van der Waals surface area (Å²) < 4.78 is 0. The molecule has 0 aromatic heterocycles. The molecule has 1 N–H and O–H groups in total. The van der Waals surface area contributed by atoms with Crippen LogP contribution in [0.1, 0.15) is 11.1 Å². The van der Waals surface area contributed by atoms with Crippen molar-refractivity contribution in [3.63, 3.8) is 0 Å². The summed E-state index contributed by atoms with van der Waals surface area (Å²) in [4.78, 5) is 29.2. The third-order valence-electron chi connectivity index (χ3n) is 4.75. The van der Waals surface area contributed by atoms with Crippen LogP contribution in [0.4, 0.5) is 5.69 Å². The van der Waals surface area contributed by atoms with Crippen LogP contribution in [0.2, 0.25) is 5.02 Å². The molecule has 1 saturated heterocycles. The normalized spacial score (nSPS) is 15.4. The van der Waals surface area contributed by atoms with Crippen LogP contribution < -0.4 is 10.2 Å². The fraction of sp³-hybridized carbons (Fsp3) is 0.0417. The number of carbonyl (C=O) groups excluding carboxylic acids is 2. The second kappa shape index (κ2) is 9.06. The molecule has 7 heteroatoms. The summed E-state index contributed by atoms with van der Waals surface area (Å²) in [7, 11) is 0. The van der Waals surface area contributed by atoms with Gasteiger partial charge in [-0.3, -0.25) is 19.8 Å². The molecule has 1 aliphatic rings. The van der Waals surface area contributed by atoms with E-state index in [4.69, 9.17) is 23.8 Å². The van der Waals surface area contributed by atoms with E-state index in [2.05, 4.69) is 5.32 Å². The maximum absolute atomic E-state index is 13.2. The Morgan fingerprint density at radius 2 is 1.61 bits per heavy atom. The molecule has 1 heterocycles. The van der Waals surface area contributed by atoms with Gasteiger partial charge in [0.05, 0.1) is 5.69 Å². The Morgan fingerprint density at radius 3 is 2.32 bits per heavy atom. The lowest BCUT2D eigenvalue weighted by Crippen LogP contribution is -2.54. The van der Waals surface area contributed by atoms with Crippen LogP contribution >= 0.6 is 35.6 Å². The summed E-state index contributed by atoms with van der Waals surface area (Å²) in [6.07, 6.45) is 1.57. The van der Waals surface area contributed by atoms with E-state index >= 15 is 0 Å². The zero-order valence-corrected chi connectivity index (χ0v) is 18.9. The van der Waals surface area contributed by atoms with Crippen LogP contribution in [-0.2, 0) is 9.59 Å². The van der Waals surface area contributed by atoms with Crippen LogP contribution in [0.25, 0.3) is 6.08 Å². The van der Waals surface area contributed by atoms with E-state index in [0.717, 1.165) is 15.4 Å². The number of rotatable bonds is 4. The summed E-state index contributed by atoms with van der Waals surface area (Å²) in [5.74, 6) is -1.00. The van der Waals surface area contributed by atoms with Crippen molar-refractivity contribution in [2.45, 2.75) is 16.7 Å². The zero-order valence-electron chi connectivity index (χ0n) is 16.5. The molecule has 3 aromatic rings. The van der Waals surface area contributed by atoms with Crippen molar-refractivity contribution in [1.29, 1.82) is 0 Å². The topological polar surface area (TPSA) is 49.4 Å². The lowest BCUT2D eigenvalue weighted by atomic mass is 10.1. The van der Waals surface area contributed by atoms with Crippen LogP contribution in [0.3, 0.4) is 0 Å². The molecule has 4 nitrogen and oxygen atoms in total. The molecule has 3 aromatic carbocycles. The minimum absolute atomic E-state index is 0.0106. The molecular weight excluding hydrogens is 448 g/mol. The van der Waals surface area contributed by atoms with Gasteiger partial charge in [-0.2, -0.15) is 0 Å². The monoisotopic (exact) mass is 464 g/mol. The highest BCUT2D eigenvalue weighted by molar-refractivity contribution is 7.99. The number of nitrogens with zero attached hydrogens (tertiary/aromatic N) is 1. The summed E-state index contributed by atoms with van der Waals surface area (Å²) in [6.45, 7) is 1.80. The zero-order chi connectivity index (χ0) is 22.0. The van der Waals surface area contributed by atoms with Gasteiger partial charge in [0, 0.05) is 14.8 Å². The predicted molar refractivity (Wildman–Crippen MR) is 129 cm³/mol. The Morgan fingerprint density at radius 1 is 0.935 bits per heavy atom. The first-order valence-corrected chi connectivity index (χ1v) is 11.0. The lowest BCUT2D eigenvalue weighted by Gasteiger charge is -2.30. The van der Waals surface area contributed by atoms with E-state index in [1.165, 1.54) is 4.90 Å². The second-order valence-electron chi connectivity index (χ2n) is 6.83. The molecule has 154 valence electrons. The number of anilines is 1. The van der Waals surface area contributed by atoms with Crippen molar-refractivity contribution >= 4 is 64.3 Å². The third-order valence-corrected chi connectivity index (χ3v) is 6.46. The average Bonchev–Trinajstić information content (AvgIpc) is 2.76. The number of thiocarbonyl (C=S) groups is 1. The maximum Gasteiger partial charge on any atom is 0.270 e. The largest absolute Gasteiger partial charge is 0.298 e. The summed E-state index contributed by atoms with van der Waals surface area (Å²) >= 11 is 13.1. The minimum atomic E-state index is -0.520. The van der Waals surface area contributed by atoms with Gasteiger partial charge in [-0.15, -0.1) is 0 Å². The number of hydrogen-bond acceptors (Lipinski definition) is 4. The Labute approximate surface area is 194 Å². The van der Waals surface area contributed by atoms with E-state index in [0.29, 0.717) is 16.3 Å². The fourth-order valence-electron chi connectivity index (χ4n) is 3.14. The minimum Gasteiger partial charge on any atom is -0.298 e. The first-order chi connectivity index (χ1) is 14.9. The van der Waals surface area contributed by atoms with Gasteiger partial charge in [-0.25, -0.2) is 0 Å². The van der Waals surface area contributed by atoms with Gasteiger partial charge in [0.2, 0.25) is 0 Å². The first kappa shape index (κ1) is 21.3. The van der Waals surface area contributed by atoms with Gasteiger partial charge >= 0.3 is 0 Å². The van der Waals surface area contributed by atoms with Gasteiger partial charge in [0.15, 0.2) is 5.11 Å². The highest BCUT2D eigenvalue weighted by atomic mass is 35.5. The van der Waals surface area contributed by atoms with Crippen molar-refractivity contribution in [2.75, 3.05) is 4.90 Å². The van der Waals surface area contributed by atoms with Crippen LogP contribution in [0.15, 0.2) is 88.2 Å². The molecule has 31 heavy (non-hydrogen) atoms. The van der Waals surface area contributed by atoms with E-state index in [-0.39, 0.29) is 10.7 Å². The molecule has 0 unspecified atom stereocenters. The van der Waals surface area contributed by atoms with E-state index < -0.39 is 11.8 Å². The highest BCUT2D eigenvalue weighted by Gasteiger charge is 2.35. The molecule has 0 spiro atoms.